The lowest BCUT2D eigenvalue weighted by Crippen LogP contribution is -2.34. The van der Waals surface area contributed by atoms with Crippen molar-refractivity contribution in [3.63, 3.8) is 0 Å². The van der Waals surface area contributed by atoms with E-state index < -0.39 is 16.7 Å². The summed E-state index contributed by atoms with van der Waals surface area (Å²) in [5.74, 6) is 0.0167. The van der Waals surface area contributed by atoms with Gasteiger partial charge in [0, 0.05) is 49.2 Å². The summed E-state index contributed by atoms with van der Waals surface area (Å²) >= 11 is 0. The molecule has 0 radical (unpaired) electrons. The van der Waals surface area contributed by atoms with Crippen molar-refractivity contribution in [2.45, 2.75) is 26.4 Å². The van der Waals surface area contributed by atoms with Crippen molar-refractivity contribution in [3.05, 3.63) is 63.8 Å². The van der Waals surface area contributed by atoms with E-state index in [9.17, 15) is 19.7 Å². The van der Waals surface area contributed by atoms with Crippen LogP contribution >= 0.6 is 0 Å². The van der Waals surface area contributed by atoms with Gasteiger partial charge in [-0.05, 0) is 38.0 Å². The average molecular weight is 469 g/mol. The first-order valence-electron chi connectivity index (χ1n) is 10.7. The molecule has 10 heteroatoms. The number of non-ortho nitro benzene ring substituents is 1. The molecule has 0 unspecified atom stereocenters. The van der Waals surface area contributed by atoms with Crippen LogP contribution in [0.1, 0.15) is 25.8 Å². The van der Waals surface area contributed by atoms with E-state index in [1.165, 1.54) is 38.5 Å². The molecule has 10 nitrogen and oxygen atoms in total. The van der Waals surface area contributed by atoms with Crippen LogP contribution in [-0.2, 0) is 14.3 Å². The van der Waals surface area contributed by atoms with E-state index in [-0.39, 0.29) is 29.6 Å². The smallest absolute Gasteiger partial charge is 0.278 e. The molecule has 0 saturated heterocycles. The van der Waals surface area contributed by atoms with Crippen LogP contribution in [0.15, 0.2) is 48.2 Å². The van der Waals surface area contributed by atoms with Crippen LogP contribution in [0.2, 0.25) is 0 Å². The van der Waals surface area contributed by atoms with E-state index in [0.29, 0.717) is 35.8 Å². The highest BCUT2D eigenvalue weighted by Crippen LogP contribution is 2.33. The first-order chi connectivity index (χ1) is 16.2. The van der Waals surface area contributed by atoms with E-state index >= 15 is 0 Å². The Morgan fingerprint density at radius 1 is 1.00 bits per heavy atom. The van der Waals surface area contributed by atoms with Crippen LogP contribution in [0.5, 0.6) is 11.5 Å². The summed E-state index contributed by atoms with van der Waals surface area (Å²) in [6.07, 6.45) is 0.516. The third kappa shape index (κ3) is 5.52. The molecule has 34 heavy (non-hydrogen) atoms. The Hall–Kier alpha value is -3.92. The van der Waals surface area contributed by atoms with Crippen molar-refractivity contribution in [2.24, 2.45) is 0 Å². The lowest BCUT2D eigenvalue weighted by molar-refractivity contribution is -0.384. The van der Waals surface area contributed by atoms with E-state index in [1.807, 2.05) is 13.8 Å². The lowest BCUT2D eigenvalue weighted by atomic mass is 10.0. The molecule has 0 aromatic heterocycles. The summed E-state index contributed by atoms with van der Waals surface area (Å²) in [4.78, 5) is 38.2. The highest BCUT2D eigenvalue weighted by atomic mass is 16.6. The van der Waals surface area contributed by atoms with Gasteiger partial charge in [0.1, 0.15) is 17.2 Å². The molecule has 3 rings (SSSR count). The summed E-state index contributed by atoms with van der Waals surface area (Å²) in [7, 11) is 3.01. The third-order valence-electron chi connectivity index (χ3n) is 5.13. The van der Waals surface area contributed by atoms with Crippen molar-refractivity contribution in [1.29, 1.82) is 0 Å². The minimum Gasteiger partial charge on any atom is -0.497 e. The third-order valence-corrected chi connectivity index (χ3v) is 5.13. The predicted octanol–water partition coefficient (Wildman–Crippen LogP) is 3.62. The number of carbonyl (C=O) groups excluding carboxylic acids is 2. The second-order valence-electron chi connectivity index (χ2n) is 7.82. The molecule has 0 spiro atoms. The summed E-state index contributed by atoms with van der Waals surface area (Å²) in [6.45, 7) is 4.39. The topological polar surface area (TPSA) is 120 Å². The number of benzene rings is 2. The minimum absolute atomic E-state index is 0.0408. The summed E-state index contributed by atoms with van der Waals surface area (Å²) < 4.78 is 16.1. The van der Waals surface area contributed by atoms with Crippen LogP contribution in [-0.4, -0.2) is 55.1 Å². The number of rotatable bonds is 11. The molecule has 1 heterocycles. The molecule has 1 aliphatic rings. The van der Waals surface area contributed by atoms with Crippen molar-refractivity contribution >= 4 is 28.8 Å². The molecule has 0 atom stereocenters. The van der Waals surface area contributed by atoms with Gasteiger partial charge in [-0.15, -0.1) is 0 Å². The van der Waals surface area contributed by atoms with Crippen molar-refractivity contribution in [2.75, 3.05) is 32.7 Å². The van der Waals surface area contributed by atoms with Gasteiger partial charge in [0.05, 0.1) is 30.8 Å². The second kappa shape index (κ2) is 10.8. The number of nitro groups is 1. The molecule has 1 aliphatic heterocycles. The largest absolute Gasteiger partial charge is 0.497 e. The van der Waals surface area contributed by atoms with Gasteiger partial charge in [0.15, 0.2) is 0 Å². The number of carbonyl (C=O) groups is 2. The molecular weight excluding hydrogens is 442 g/mol. The van der Waals surface area contributed by atoms with Gasteiger partial charge >= 0.3 is 0 Å². The van der Waals surface area contributed by atoms with E-state index in [0.717, 1.165) is 4.90 Å². The summed E-state index contributed by atoms with van der Waals surface area (Å²) in [5.41, 5.74) is 0.959. The van der Waals surface area contributed by atoms with Gasteiger partial charge in [-0.25, -0.2) is 0 Å². The monoisotopic (exact) mass is 469 g/mol. The maximum Gasteiger partial charge on any atom is 0.278 e. The Morgan fingerprint density at radius 2 is 1.62 bits per heavy atom. The first-order valence-corrected chi connectivity index (χ1v) is 10.7. The van der Waals surface area contributed by atoms with E-state index in [1.54, 1.807) is 18.2 Å². The molecule has 0 bridgehead atoms. The van der Waals surface area contributed by atoms with Gasteiger partial charge < -0.3 is 19.5 Å². The highest BCUT2D eigenvalue weighted by molar-refractivity contribution is 6.36. The molecule has 2 aromatic carbocycles. The number of hydrogen-bond donors (Lipinski definition) is 1. The minimum atomic E-state index is -0.525. The van der Waals surface area contributed by atoms with Gasteiger partial charge in [-0.3, -0.25) is 24.6 Å². The number of methoxy groups -OCH3 is 2. The lowest BCUT2D eigenvalue weighted by Gasteiger charge is -2.16. The zero-order valence-corrected chi connectivity index (χ0v) is 19.5. The Kier molecular flexibility index (Phi) is 7.85. The Labute approximate surface area is 197 Å². The van der Waals surface area contributed by atoms with Gasteiger partial charge in [-0.2, -0.15) is 0 Å². The number of nitro benzene ring substituents is 1. The SMILES string of the molecule is COc1cc(NC2=C(c3ccc([N+](=O)[O-])cc3)C(=O)N(CCCOC(C)C)C2=O)cc(OC)c1. The van der Waals surface area contributed by atoms with Crippen molar-refractivity contribution in [3.8, 4) is 11.5 Å². The number of nitrogens with one attached hydrogen (secondary N) is 1. The number of nitrogens with zero attached hydrogens (tertiary/aromatic N) is 2. The van der Waals surface area contributed by atoms with Crippen molar-refractivity contribution < 1.29 is 28.7 Å². The maximum atomic E-state index is 13.3. The summed E-state index contributed by atoms with van der Waals surface area (Å²) in [6, 6.07) is 10.5. The van der Waals surface area contributed by atoms with Crippen LogP contribution in [0, 0.1) is 10.1 Å². The zero-order chi connectivity index (χ0) is 24.8. The zero-order valence-electron chi connectivity index (χ0n) is 19.5. The molecule has 0 saturated carbocycles. The number of imide groups is 1. The fraction of sp³-hybridized carbons (Fsp3) is 0.333. The number of amides is 2. The molecule has 1 N–H and O–H groups in total. The molecular formula is C24H27N3O7. The fourth-order valence-corrected chi connectivity index (χ4v) is 3.48. The highest BCUT2D eigenvalue weighted by Gasteiger charge is 2.39. The molecule has 2 aromatic rings. The molecule has 2 amide bonds. The molecule has 0 aliphatic carbocycles. The van der Waals surface area contributed by atoms with E-state index in [2.05, 4.69) is 5.32 Å². The maximum absolute atomic E-state index is 13.3. The molecule has 0 fully saturated rings. The Bertz CT molecular complexity index is 1090. The fourth-order valence-electron chi connectivity index (χ4n) is 3.48. The second-order valence-corrected chi connectivity index (χ2v) is 7.82. The quantitative estimate of drug-likeness (QED) is 0.229. The number of hydrogen-bond acceptors (Lipinski definition) is 8. The Morgan fingerprint density at radius 3 is 2.15 bits per heavy atom. The predicted molar refractivity (Wildman–Crippen MR) is 126 cm³/mol. The van der Waals surface area contributed by atoms with Gasteiger partial charge in [0.25, 0.3) is 17.5 Å². The van der Waals surface area contributed by atoms with E-state index in [4.69, 9.17) is 14.2 Å². The van der Waals surface area contributed by atoms with Crippen molar-refractivity contribution in [1.82, 2.24) is 4.90 Å². The number of anilines is 1. The average Bonchev–Trinajstić information content (AvgIpc) is 3.05. The Balaban J connectivity index is 1.98. The van der Waals surface area contributed by atoms with Crippen LogP contribution in [0.25, 0.3) is 5.57 Å². The standard InChI is InChI=1S/C24H27N3O7/c1-15(2)34-11-5-10-26-23(28)21(16-6-8-18(9-7-16)27(30)31)22(24(26)29)25-17-12-19(32-3)14-20(13-17)33-4/h6-9,12-15,25H,5,10-11H2,1-4H3. The van der Waals surface area contributed by atoms with Crippen LogP contribution in [0.3, 0.4) is 0 Å². The van der Waals surface area contributed by atoms with Crippen LogP contribution in [0.4, 0.5) is 11.4 Å². The van der Waals surface area contributed by atoms with Crippen LogP contribution < -0.4 is 14.8 Å². The summed E-state index contributed by atoms with van der Waals surface area (Å²) in [5, 5.41) is 14.1. The normalized spacial score (nSPS) is 13.6. The first kappa shape index (κ1) is 24.7. The van der Waals surface area contributed by atoms with Gasteiger partial charge in [0.2, 0.25) is 0 Å². The molecule has 180 valence electrons. The number of ether oxygens (including phenoxy) is 3. The van der Waals surface area contributed by atoms with Gasteiger partial charge in [-0.1, -0.05) is 0 Å².